The van der Waals surface area contributed by atoms with Gasteiger partial charge in [-0.15, -0.1) is 6.58 Å². The highest BCUT2D eigenvalue weighted by Crippen LogP contribution is 2.22. The Labute approximate surface area is 138 Å². The third-order valence-corrected chi connectivity index (χ3v) is 4.56. The van der Waals surface area contributed by atoms with Crippen molar-refractivity contribution in [3.8, 4) is 0 Å². The standard InChI is InChI=1S/C18H26FN3O/c1-4-11-22-12-9-15(10-13-22)20-18(23)21(3)14(2)16-7-5-6-8-17(16)19/h4-8,14-15H,1,9-13H2,2-3H3,(H,20,23)/t14-/m0/s1. The van der Waals surface area contributed by atoms with Crippen molar-refractivity contribution in [2.45, 2.75) is 31.8 Å². The smallest absolute Gasteiger partial charge is 0.317 e. The number of hydrogen-bond donors (Lipinski definition) is 1. The highest BCUT2D eigenvalue weighted by atomic mass is 19.1. The molecule has 1 fully saturated rings. The molecule has 1 aliphatic heterocycles. The molecule has 0 bridgehead atoms. The van der Waals surface area contributed by atoms with Gasteiger partial charge < -0.3 is 10.2 Å². The predicted octanol–water partition coefficient (Wildman–Crippen LogP) is 3.18. The molecule has 2 amide bonds. The minimum absolute atomic E-state index is 0.150. The quantitative estimate of drug-likeness (QED) is 0.846. The highest BCUT2D eigenvalue weighted by molar-refractivity contribution is 5.74. The van der Waals surface area contributed by atoms with Gasteiger partial charge in [0.25, 0.3) is 0 Å². The summed E-state index contributed by atoms with van der Waals surface area (Å²) in [5.41, 5.74) is 0.533. The van der Waals surface area contributed by atoms with Crippen LogP contribution in [0.1, 0.15) is 31.4 Å². The lowest BCUT2D eigenvalue weighted by Gasteiger charge is -2.33. The van der Waals surface area contributed by atoms with Crippen molar-refractivity contribution in [1.82, 2.24) is 15.1 Å². The topological polar surface area (TPSA) is 35.6 Å². The summed E-state index contributed by atoms with van der Waals surface area (Å²) in [4.78, 5) is 16.3. The van der Waals surface area contributed by atoms with Gasteiger partial charge in [0.1, 0.15) is 5.82 Å². The largest absolute Gasteiger partial charge is 0.335 e. The summed E-state index contributed by atoms with van der Waals surface area (Å²) >= 11 is 0. The van der Waals surface area contributed by atoms with Crippen LogP contribution in [0, 0.1) is 5.82 Å². The van der Waals surface area contributed by atoms with Crippen LogP contribution in [0.3, 0.4) is 0 Å². The third kappa shape index (κ3) is 4.55. The number of amides is 2. The minimum Gasteiger partial charge on any atom is -0.335 e. The van der Waals surface area contributed by atoms with Gasteiger partial charge >= 0.3 is 6.03 Å². The maximum atomic E-state index is 13.9. The van der Waals surface area contributed by atoms with Crippen LogP contribution >= 0.6 is 0 Å². The highest BCUT2D eigenvalue weighted by Gasteiger charge is 2.24. The van der Waals surface area contributed by atoms with Crippen molar-refractivity contribution in [3.63, 3.8) is 0 Å². The van der Waals surface area contributed by atoms with E-state index in [1.807, 2.05) is 13.0 Å². The predicted molar refractivity (Wildman–Crippen MR) is 90.8 cm³/mol. The Morgan fingerprint density at radius 3 is 2.74 bits per heavy atom. The van der Waals surface area contributed by atoms with E-state index in [0.29, 0.717) is 5.56 Å². The van der Waals surface area contributed by atoms with E-state index in [0.717, 1.165) is 32.5 Å². The summed E-state index contributed by atoms with van der Waals surface area (Å²) < 4.78 is 13.9. The average molecular weight is 319 g/mol. The molecular weight excluding hydrogens is 293 g/mol. The molecule has 0 aromatic heterocycles. The Morgan fingerprint density at radius 1 is 1.48 bits per heavy atom. The first-order valence-electron chi connectivity index (χ1n) is 8.14. The Bertz CT molecular complexity index is 541. The zero-order valence-corrected chi connectivity index (χ0v) is 14.0. The van der Waals surface area contributed by atoms with E-state index in [-0.39, 0.29) is 23.9 Å². The lowest BCUT2D eigenvalue weighted by atomic mass is 10.0. The van der Waals surface area contributed by atoms with Crippen LogP contribution in [-0.4, -0.2) is 48.6 Å². The number of nitrogens with zero attached hydrogens (tertiary/aromatic N) is 2. The van der Waals surface area contributed by atoms with E-state index in [4.69, 9.17) is 0 Å². The van der Waals surface area contributed by atoms with E-state index < -0.39 is 0 Å². The van der Waals surface area contributed by atoms with Gasteiger partial charge in [-0.25, -0.2) is 9.18 Å². The first-order chi connectivity index (χ1) is 11.0. The lowest BCUT2D eigenvalue weighted by Crippen LogP contribution is -2.48. The second kappa shape index (κ2) is 8.11. The number of piperidine rings is 1. The van der Waals surface area contributed by atoms with Crippen molar-refractivity contribution < 1.29 is 9.18 Å². The van der Waals surface area contributed by atoms with Crippen LogP contribution in [0.25, 0.3) is 0 Å². The minimum atomic E-state index is -0.308. The molecule has 1 heterocycles. The van der Waals surface area contributed by atoms with E-state index in [1.165, 1.54) is 6.07 Å². The zero-order valence-electron chi connectivity index (χ0n) is 14.0. The second-order valence-electron chi connectivity index (χ2n) is 6.12. The maximum absolute atomic E-state index is 13.9. The molecule has 0 saturated carbocycles. The molecule has 23 heavy (non-hydrogen) atoms. The SMILES string of the molecule is C=CCN1CCC(NC(=O)N(C)[C@@H](C)c2ccccc2F)CC1. The molecule has 126 valence electrons. The number of hydrogen-bond acceptors (Lipinski definition) is 2. The molecule has 0 aliphatic carbocycles. The molecule has 5 heteroatoms. The molecule has 1 aromatic rings. The molecular formula is C18H26FN3O. The molecule has 0 radical (unpaired) electrons. The third-order valence-electron chi connectivity index (χ3n) is 4.56. The van der Waals surface area contributed by atoms with Crippen LogP contribution in [0.2, 0.25) is 0 Å². The fourth-order valence-electron chi connectivity index (χ4n) is 2.92. The number of carbonyl (C=O) groups is 1. The number of halogens is 1. The first kappa shape index (κ1) is 17.5. The number of rotatable bonds is 5. The lowest BCUT2D eigenvalue weighted by molar-refractivity contribution is 0.174. The number of likely N-dealkylation sites (tertiary alicyclic amines) is 1. The van der Waals surface area contributed by atoms with E-state index in [1.54, 1.807) is 30.1 Å². The van der Waals surface area contributed by atoms with Crippen molar-refractivity contribution in [2.75, 3.05) is 26.7 Å². The van der Waals surface area contributed by atoms with Gasteiger partial charge in [-0.05, 0) is 25.8 Å². The zero-order chi connectivity index (χ0) is 16.8. The van der Waals surface area contributed by atoms with Crippen molar-refractivity contribution in [1.29, 1.82) is 0 Å². The molecule has 1 saturated heterocycles. The molecule has 1 N–H and O–H groups in total. The van der Waals surface area contributed by atoms with E-state index in [9.17, 15) is 9.18 Å². The number of benzene rings is 1. The first-order valence-corrected chi connectivity index (χ1v) is 8.14. The van der Waals surface area contributed by atoms with Crippen LogP contribution < -0.4 is 5.32 Å². The van der Waals surface area contributed by atoms with Crippen LogP contribution in [-0.2, 0) is 0 Å². The monoisotopic (exact) mass is 319 g/mol. The van der Waals surface area contributed by atoms with Gasteiger partial charge in [0, 0.05) is 38.3 Å². The molecule has 1 atom stereocenters. The molecule has 1 aliphatic rings. The summed E-state index contributed by atoms with van der Waals surface area (Å²) in [5, 5.41) is 3.06. The second-order valence-corrected chi connectivity index (χ2v) is 6.12. The number of carbonyl (C=O) groups excluding carboxylic acids is 1. The van der Waals surface area contributed by atoms with Crippen LogP contribution in [0.4, 0.5) is 9.18 Å². The Kier molecular flexibility index (Phi) is 6.16. The molecule has 0 spiro atoms. The molecule has 0 unspecified atom stereocenters. The van der Waals surface area contributed by atoms with Gasteiger partial charge in [-0.3, -0.25) is 4.90 Å². The Morgan fingerprint density at radius 2 is 2.13 bits per heavy atom. The fourth-order valence-corrected chi connectivity index (χ4v) is 2.92. The van der Waals surface area contributed by atoms with Gasteiger partial charge in [-0.2, -0.15) is 0 Å². The molecule has 2 rings (SSSR count). The van der Waals surface area contributed by atoms with Crippen LogP contribution in [0.5, 0.6) is 0 Å². The summed E-state index contributed by atoms with van der Waals surface area (Å²) in [6.45, 7) is 8.41. The van der Waals surface area contributed by atoms with Crippen LogP contribution in [0.15, 0.2) is 36.9 Å². The summed E-state index contributed by atoms with van der Waals surface area (Å²) in [6.07, 6.45) is 3.77. The fraction of sp³-hybridized carbons (Fsp3) is 0.500. The van der Waals surface area contributed by atoms with Gasteiger partial charge in [0.05, 0.1) is 6.04 Å². The number of urea groups is 1. The van der Waals surface area contributed by atoms with Crippen molar-refractivity contribution in [3.05, 3.63) is 48.3 Å². The van der Waals surface area contributed by atoms with E-state index >= 15 is 0 Å². The summed E-state index contributed by atoms with van der Waals surface area (Å²) in [6, 6.07) is 6.31. The number of nitrogens with one attached hydrogen (secondary N) is 1. The van der Waals surface area contributed by atoms with Crippen molar-refractivity contribution in [2.24, 2.45) is 0 Å². The van der Waals surface area contributed by atoms with Gasteiger partial charge in [0.15, 0.2) is 0 Å². The molecule has 1 aromatic carbocycles. The molecule has 4 nitrogen and oxygen atoms in total. The maximum Gasteiger partial charge on any atom is 0.317 e. The van der Waals surface area contributed by atoms with Gasteiger partial charge in [-0.1, -0.05) is 24.3 Å². The summed E-state index contributed by atoms with van der Waals surface area (Å²) in [5.74, 6) is -0.280. The normalized spacial score (nSPS) is 17.5. The van der Waals surface area contributed by atoms with Gasteiger partial charge in [0.2, 0.25) is 0 Å². The summed E-state index contributed by atoms with van der Waals surface area (Å²) in [7, 11) is 1.71. The Hall–Kier alpha value is -1.88. The Balaban J connectivity index is 1.88. The van der Waals surface area contributed by atoms with Crippen molar-refractivity contribution >= 4 is 6.03 Å². The average Bonchev–Trinajstić information content (AvgIpc) is 2.56. The van der Waals surface area contributed by atoms with E-state index in [2.05, 4.69) is 16.8 Å².